The van der Waals surface area contributed by atoms with Gasteiger partial charge in [0.25, 0.3) is 0 Å². The van der Waals surface area contributed by atoms with Crippen LogP contribution in [-0.4, -0.2) is 12.1 Å². The molecule has 0 aliphatic heterocycles. The maximum absolute atomic E-state index is 9.15. The average Bonchev–Trinajstić information content (AvgIpc) is 2.81. The molecule has 0 aromatic heterocycles. The Hall–Kier alpha value is -1.53. The number of nitrogens with zero attached hydrogens (tertiary/aromatic N) is 1. The average molecular weight is 229 g/mol. The number of hydrogen-bond donors (Lipinski definition) is 2. The van der Waals surface area contributed by atoms with Crippen molar-refractivity contribution in [2.24, 2.45) is 5.73 Å². The van der Waals surface area contributed by atoms with Gasteiger partial charge in [0.2, 0.25) is 0 Å². The number of nitrogens with two attached hydrogens (primary N) is 1. The normalized spacial score (nSPS) is 17.7. The Morgan fingerprint density at radius 2 is 2.12 bits per heavy atom. The zero-order valence-corrected chi connectivity index (χ0v) is 10.3. The van der Waals surface area contributed by atoms with Crippen LogP contribution in [0, 0.1) is 18.3 Å². The molecule has 90 valence electrons. The second-order valence-electron chi connectivity index (χ2n) is 4.93. The molecule has 0 heterocycles. The lowest BCUT2D eigenvalue weighted by Gasteiger charge is -2.31. The lowest BCUT2D eigenvalue weighted by molar-refractivity contribution is 0.493. The molecule has 3 nitrogen and oxygen atoms in total. The molecule has 0 atom stereocenters. The molecule has 0 amide bonds. The summed E-state index contributed by atoms with van der Waals surface area (Å²) in [6.45, 7) is 2.66. The van der Waals surface area contributed by atoms with Gasteiger partial charge in [-0.05, 0) is 31.4 Å². The molecule has 17 heavy (non-hydrogen) atoms. The Morgan fingerprint density at radius 1 is 1.41 bits per heavy atom. The summed E-state index contributed by atoms with van der Waals surface area (Å²) in [5.74, 6) is 0. The van der Waals surface area contributed by atoms with E-state index in [1.165, 1.54) is 12.8 Å². The highest BCUT2D eigenvalue weighted by molar-refractivity contribution is 5.63. The Labute approximate surface area is 103 Å². The Bertz CT molecular complexity index is 439. The lowest BCUT2D eigenvalue weighted by Crippen LogP contribution is -2.43. The highest BCUT2D eigenvalue weighted by Gasteiger charge is 2.33. The van der Waals surface area contributed by atoms with Gasteiger partial charge < -0.3 is 11.1 Å². The van der Waals surface area contributed by atoms with Crippen molar-refractivity contribution in [3.63, 3.8) is 0 Å². The van der Waals surface area contributed by atoms with Crippen molar-refractivity contribution >= 4 is 5.69 Å². The van der Waals surface area contributed by atoms with Crippen LogP contribution >= 0.6 is 0 Å². The second-order valence-corrected chi connectivity index (χ2v) is 4.93. The zero-order valence-electron chi connectivity index (χ0n) is 10.3. The first-order chi connectivity index (χ1) is 8.21. The molecule has 3 N–H and O–H groups in total. The van der Waals surface area contributed by atoms with Gasteiger partial charge in [-0.2, -0.15) is 5.26 Å². The van der Waals surface area contributed by atoms with E-state index in [1.807, 2.05) is 25.1 Å². The molecule has 1 saturated carbocycles. The maximum Gasteiger partial charge on any atom is 0.101 e. The number of nitriles is 1. The van der Waals surface area contributed by atoms with Crippen molar-refractivity contribution in [3.05, 3.63) is 29.3 Å². The van der Waals surface area contributed by atoms with Crippen LogP contribution in [0.1, 0.15) is 36.8 Å². The smallest absolute Gasteiger partial charge is 0.101 e. The molecule has 1 aliphatic rings. The van der Waals surface area contributed by atoms with Gasteiger partial charge in [0, 0.05) is 12.1 Å². The van der Waals surface area contributed by atoms with Crippen molar-refractivity contribution in [2.75, 3.05) is 11.9 Å². The van der Waals surface area contributed by atoms with Gasteiger partial charge in [0.1, 0.15) is 6.07 Å². The molecule has 1 fully saturated rings. The van der Waals surface area contributed by atoms with E-state index in [0.717, 1.165) is 24.1 Å². The number of nitrogens with one attached hydrogen (secondary N) is 1. The number of anilines is 1. The van der Waals surface area contributed by atoms with Crippen LogP contribution in [0.2, 0.25) is 0 Å². The van der Waals surface area contributed by atoms with Crippen molar-refractivity contribution in [2.45, 2.75) is 38.1 Å². The van der Waals surface area contributed by atoms with E-state index in [2.05, 4.69) is 11.4 Å². The molecule has 0 spiro atoms. The van der Waals surface area contributed by atoms with Gasteiger partial charge in [-0.25, -0.2) is 0 Å². The molecule has 1 aromatic rings. The summed E-state index contributed by atoms with van der Waals surface area (Å²) in [5.41, 5.74) is 8.70. The summed E-state index contributed by atoms with van der Waals surface area (Å²) in [6, 6.07) is 8.05. The van der Waals surface area contributed by atoms with Crippen molar-refractivity contribution in [3.8, 4) is 6.07 Å². The fourth-order valence-corrected chi connectivity index (χ4v) is 2.62. The predicted octanol–water partition coefficient (Wildman–Crippen LogP) is 2.55. The van der Waals surface area contributed by atoms with E-state index >= 15 is 0 Å². The third-order valence-electron chi connectivity index (χ3n) is 3.73. The molecule has 2 rings (SSSR count). The van der Waals surface area contributed by atoms with Crippen LogP contribution in [0.25, 0.3) is 0 Å². The molecule has 3 heteroatoms. The second kappa shape index (κ2) is 4.77. The van der Waals surface area contributed by atoms with E-state index in [4.69, 9.17) is 11.0 Å². The minimum atomic E-state index is -0.00227. The van der Waals surface area contributed by atoms with Crippen molar-refractivity contribution < 1.29 is 0 Å². The minimum Gasteiger partial charge on any atom is -0.377 e. The summed E-state index contributed by atoms with van der Waals surface area (Å²) < 4.78 is 0. The van der Waals surface area contributed by atoms with Crippen LogP contribution in [0.4, 0.5) is 5.69 Å². The van der Waals surface area contributed by atoms with E-state index < -0.39 is 0 Å². The summed E-state index contributed by atoms with van der Waals surface area (Å²) >= 11 is 0. The van der Waals surface area contributed by atoms with Crippen LogP contribution < -0.4 is 11.1 Å². The van der Waals surface area contributed by atoms with Gasteiger partial charge in [0.05, 0.1) is 11.3 Å². The van der Waals surface area contributed by atoms with Gasteiger partial charge in [-0.3, -0.25) is 0 Å². The number of rotatable bonds is 3. The molecular formula is C14H19N3. The first-order valence-corrected chi connectivity index (χ1v) is 6.19. The van der Waals surface area contributed by atoms with E-state index in [-0.39, 0.29) is 5.54 Å². The molecule has 0 saturated heterocycles. The van der Waals surface area contributed by atoms with E-state index in [9.17, 15) is 0 Å². The first-order valence-electron chi connectivity index (χ1n) is 6.19. The third-order valence-corrected chi connectivity index (χ3v) is 3.73. The molecule has 0 bridgehead atoms. The topological polar surface area (TPSA) is 61.8 Å². The number of benzene rings is 1. The fraction of sp³-hybridized carbons (Fsp3) is 0.500. The molecule has 0 unspecified atom stereocenters. The summed E-state index contributed by atoms with van der Waals surface area (Å²) in [4.78, 5) is 0. The first kappa shape index (κ1) is 11.9. The quantitative estimate of drug-likeness (QED) is 0.837. The zero-order chi connectivity index (χ0) is 12.3. The summed E-state index contributed by atoms with van der Waals surface area (Å²) in [6.07, 6.45) is 4.64. The van der Waals surface area contributed by atoms with Crippen LogP contribution in [0.5, 0.6) is 0 Å². The van der Waals surface area contributed by atoms with E-state index in [0.29, 0.717) is 12.1 Å². The van der Waals surface area contributed by atoms with Crippen molar-refractivity contribution in [1.82, 2.24) is 0 Å². The lowest BCUT2D eigenvalue weighted by atomic mass is 9.95. The summed E-state index contributed by atoms with van der Waals surface area (Å²) in [5, 5.41) is 12.7. The Balaban J connectivity index is 2.32. The number of hydrogen-bond acceptors (Lipinski definition) is 3. The van der Waals surface area contributed by atoms with Crippen LogP contribution in [-0.2, 0) is 0 Å². The fourth-order valence-electron chi connectivity index (χ4n) is 2.62. The highest BCUT2D eigenvalue weighted by atomic mass is 15.0. The van der Waals surface area contributed by atoms with Gasteiger partial charge >= 0.3 is 0 Å². The molecule has 0 radical (unpaired) electrons. The molecule has 1 aliphatic carbocycles. The van der Waals surface area contributed by atoms with E-state index in [1.54, 1.807) is 0 Å². The minimum absolute atomic E-state index is 0.00227. The SMILES string of the molecule is Cc1cccc(C#N)c1NC1(CN)CCCC1. The van der Waals surface area contributed by atoms with Crippen LogP contribution in [0.15, 0.2) is 18.2 Å². The Kier molecular flexibility index (Phi) is 3.35. The summed E-state index contributed by atoms with van der Waals surface area (Å²) in [7, 11) is 0. The number of aryl methyl sites for hydroxylation is 1. The number of para-hydroxylation sites is 1. The standard InChI is InChI=1S/C14H19N3/c1-11-5-4-6-12(9-15)13(11)17-14(10-16)7-2-3-8-14/h4-6,17H,2-3,7-8,10,16H2,1H3. The van der Waals surface area contributed by atoms with Gasteiger partial charge in [-0.15, -0.1) is 0 Å². The largest absolute Gasteiger partial charge is 0.377 e. The van der Waals surface area contributed by atoms with Gasteiger partial charge in [0.15, 0.2) is 0 Å². The van der Waals surface area contributed by atoms with Crippen molar-refractivity contribution in [1.29, 1.82) is 5.26 Å². The Morgan fingerprint density at radius 3 is 2.71 bits per heavy atom. The molecular weight excluding hydrogens is 210 g/mol. The van der Waals surface area contributed by atoms with Gasteiger partial charge in [-0.1, -0.05) is 25.0 Å². The molecule has 1 aromatic carbocycles. The maximum atomic E-state index is 9.15. The third kappa shape index (κ3) is 2.27. The van der Waals surface area contributed by atoms with Crippen LogP contribution in [0.3, 0.4) is 0 Å². The highest BCUT2D eigenvalue weighted by Crippen LogP contribution is 2.34. The monoisotopic (exact) mass is 229 g/mol. The predicted molar refractivity (Wildman–Crippen MR) is 69.8 cm³/mol.